The largest absolute Gasteiger partial charge is 0.352 e. The molecule has 5 heteroatoms. The van der Waals surface area contributed by atoms with Crippen molar-refractivity contribution in [3.05, 3.63) is 24.0 Å². The maximum Gasteiger partial charge on any atom is 0.253 e. The zero-order valence-corrected chi connectivity index (χ0v) is 11.2. The van der Waals surface area contributed by atoms with Gasteiger partial charge in [-0.2, -0.15) is 0 Å². The third kappa shape index (κ3) is 3.92. The molecule has 1 aliphatic rings. The minimum absolute atomic E-state index is 0.0915. The molecule has 1 saturated carbocycles. The minimum Gasteiger partial charge on any atom is -0.352 e. The third-order valence-electron chi connectivity index (χ3n) is 3.78. The number of hydrogen-bond donors (Lipinski definition) is 3. The van der Waals surface area contributed by atoms with E-state index in [2.05, 4.69) is 15.7 Å². The van der Waals surface area contributed by atoms with Gasteiger partial charge >= 0.3 is 0 Å². The second-order valence-corrected chi connectivity index (χ2v) is 5.11. The van der Waals surface area contributed by atoms with E-state index in [1.165, 1.54) is 32.1 Å². The van der Waals surface area contributed by atoms with Gasteiger partial charge in [-0.3, -0.25) is 15.6 Å². The van der Waals surface area contributed by atoms with Crippen molar-refractivity contribution in [2.24, 2.45) is 11.8 Å². The lowest BCUT2D eigenvalue weighted by atomic mass is 9.87. The summed E-state index contributed by atoms with van der Waals surface area (Å²) < 4.78 is 0. The molecule has 2 rings (SSSR count). The zero-order valence-electron chi connectivity index (χ0n) is 11.2. The molecule has 0 atom stereocenters. The number of hydrogen-bond acceptors (Lipinski definition) is 4. The quantitative estimate of drug-likeness (QED) is 0.560. The first-order chi connectivity index (χ1) is 9.31. The van der Waals surface area contributed by atoms with Gasteiger partial charge in [0.1, 0.15) is 0 Å². The second kappa shape index (κ2) is 7.09. The van der Waals surface area contributed by atoms with E-state index in [1.807, 2.05) is 0 Å². The lowest BCUT2D eigenvalue weighted by Crippen LogP contribution is -2.27. The molecule has 0 radical (unpaired) electrons. The number of nitrogens with two attached hydrogens (primary N) is 1. The van der Waals surface area contributed by atoms with E-state index in [4.69, 9.17) is 5.84 Å². The average molecular weight is 262 g/mol. The molecular weight excluding hydrogens is 240 g/mol. The molecule has 1 aromatic rings. The molecule has 0 aliphatic heterocycles. The van der Waals surface area contributed by atoms with Gasteiger partial charge in [-0.25, -0.2) is 0 Å². The highest BCUT2D eigenvalue weighted by molar-refractivity contribution is 5.99. The lowest BCUT2D eigenvalue weighted by molar-refractivity contribution is 0.0951. The normalized spacial score (nSPS) is 16.1. The van der Waals surface area contributed by atoms with E-state index in [0.29, 0.717) is 11.3 Å². The van der Waals surface area contributed by atoms with E-state index in [1.54, 1.807) is 18.5 Å². The van der Waals surface area contributed by atoms with Crippen molar-refractivity contribution < 1.29 is 4.79 Å². The first-order valence-corrected chi connectivity index (χ1v) is 7.00. The van der Waals surface area contributed by atoms with Crippen molar-refractivity contribution in [3.63, 3.8) is 0 Å². The number of carbonyl (C=O) groups excluding carboxylic acids is 1. The number of nitrogen functional groups attached to an aromatic ring is 1. The predicted octanol–water partition coefficient (Wildman–Crippen LogP) is 2.07. The van der Waals surface area contributed by atoms with Gasteiger partial charge in [0.15, 0.2) is 0 Å². The van der Waals surface area contributed by atoms with Crippen LogP contribution in [0.3, 0.4) is 0 Å². The summed E-state index contributed by atoms with van der Waals surface area (Å²) in [4.78, 5) is 16.0. The Hall–Kier alpha value is -1.62. The van der Waals surface area contributed by atoms with Crippen LogP contribution >= 0.6 is 0 Å². The number of rotatable bonds is 5. The summed E-state index contributed by atoms with van der Waals surface area (Å²) in [6, 6.07) is 1.67. The van der Waals surface area contributed by atoms with Crippen LogP contribution in [0.5, 0.6) is 0 Å². The van der Waals surface area contributed by atoms with E-state index >= 15 is 0 Å². The highest BCUT2D eigenvalue weighted by Gasteiger charge is 2.14. The van der Waals surface area contributed by atoms with E-state index in [0.717, 1.165) is 18.9 Å². The SMILES string of the molecule is NNc1cnccc1C(=O)NCCC1CCCCC1. The Kier molecular flexibility index (Phi) is 5.15. The molecule has 0 spiro atoms. The molecule has 5 nitrogen and oxygen atoms in total. The molecule has 1 fully saturated rings. The number of nitrogens with one attached hydrogen (secondary N) is 2. The Bertz CT molecular complexity index is 416. The van der Waals surface area contributed by atoms with Crippen LogP contribution in [0.1, 0.15) is 48.9 Å². The Morgan fingerprint density at radius 1 is 1.37 bits per heavy atom. The number of nitrogens with zero attached hydrogens (tertiary/aromatic N) is 1. The summed E-state index contributed by atoms with van der Waals surface area (Å²) in [7, 11) is 0. The van der Waals surface area contributed by atoms with Crippen LogP contribution in [0.15, 0.2) is 18.5 Å². The zero-order chi connectivity index (χ0) is 13.5. The minimum atomic E-state index is -0.0915. The average Bonchev–Trinajstić information content (AvgIpc) is 2.48. The van der Waals surface area contributed by atoms with Crippen molar-refractivity contribution in [1.29, 1.82) is 0 Å². The topological polar surface area (TPSA) is 80.0 Å². The highest BCUT2D eigenvalue weighted by atomic mass is 16.1. The number of hydrazine groups is 1. The molecule has 4 N–H and O–H groups in total. The Balaban J connectivity index is 1.80. The molecule has 0 bridgehead atoms. The summed E-state index contributed by atoms with van der Waals surface area (Å²) in [5.74, 6) is 6.05. The molecule has 0 unspecified atom stereocenters. The Morgan fingerprint density at radius 2 is 2.16 bits per heavy atom. The molecule has 1 amide bonds. The summed E-state index contributed by atoms with van der Waals surface area (Å²) in [6.45, 7) is 0.732. The summed E-state index contributed by atoms with van der Waals surface area (Å²) in [6.07, 6.45) is 10.9. The van der Waals surface area contributed by atoms with Crippen LogP contribution in [0.4, 0.5) is 5.69 Å². The lowest BCUT2D eigenvalue weighted by Gasteiger charge is -2.21. The molecule has 104 valence electrons. The van der Waals surface area contributed by atoms with E-state index < -0.39 is 0 Å². The van der Waals surface area contributed by atoms with Crippen molar-refractivity contribution in [2.45, 2.75) is 38.5 Å². The van der Waals surface area contributed by atoms with Crippen LogP contribution in [-0.2, 0) is 0 Å². The molecule has 19 heavy (non-hydrogen) atoms. The van der Waals surface area contributed by atoms with Crippen LogP contribution < -0.4 is 16.6 Å². The molecule has 1 aliphatic carbocycles. The van der Waals surface area contributed by atoms with Crippen LogP contribution in [-0.4, -0.2) is 17.4 Å². The standard InChI is InChI=1S/C14H22N4O/c15-18-13-10-16-8-7-12(13)14(19)17-9-6-11-4-2-1-3-5-11/h7-8,10-11,18H,1-6,9,15H2,(H,17,19). The van der Waals surface area contributed by atoms with Crippen molar-refractivity contribution in [2.75, 3.05) is 12.0 Å². The summed E-state index contributed by atoms with van der Waals surface area (Å²) >= 11 is 0. The van der Waals surface area contributed by atoms with E-state index in [9.17, 15) is 4.79 Å². The predicted molar refractivity (Wildman–Crippen MR) is 75.6 cm³/mol. The van der Waals surface area contributed by atoms with Gasteiger partial charge in [-0.15, -0.1) is 0 Å². The van der Waals surface area contributed by atoms with Crippen molar-refractivity contribution in [3.8, 4) is 0 Å². The number of amides is 1. The first-order valence-electron chi connectivity index (χ1n) is 7.00. The maximum atomic E-state index is 12.0. The summed E-state index contributed by atoms with van der Waals surface area (Å²) in [5.41, 5.74) is 3.59. The molecule has 0 aromatic carbocycles. The number of carbonyl (C=O) groups is 1. The summed E-state index contributed by atoms with van der Waals surface area (Å²) in [5, 5.41) is 2.96. The molecule has 1 heterocycles. The smallest absolute Gasteiger partial charge is 0.253 e. The van der Waals surface area contributed by atoms with Gasteiger partial charge in [0, 0.05) is 12.7 Å². The van der Waals surface area contributed by atoms with Crippen LogP contribution in [0, 0.1) is 5.92 Å². The van der Waals surface area contributed by atoms with Gasteiger partial charge in [0.25, 0.3) is 5.91 Å². The van der Waals surface area contributed by atoms with Crippen molar-refractivity contribution in [1.82, 2.24) is 10.3 Å². The molecule has 0 saturated heterocycles. The van der Waals surface area contributed by atoms with Gasteiger partial charge in [-0.05, 0) is 18.4 Å². The van der Waals surface area contributed by atoms with Gasteiger partial charge < -0.3 is 10.7 Å². The van der Waals surface area contributed by atoms with Gasteiger partial charge in [-0.1, -0.05) is 32.1 Å². The Morgan fingerprint density at radius 3 is 2.89 bits per heavy atom. The molecular formula is C14H22N4O. The van der Waals surface area contributed by atoms with Gasteiger partial charge in [0.2, 0.25) is 0 Å². The number of pyridine rings is 1. The fourth-order valence-electron chi connectivity index (χ4n) is 2.67. The monoisotopic (exact) mass is 262 g/mol. The Labute approximate surface area is 114 Å². The highest BCUT2D eigenvalue weighted by Crippen LogP contribution is 2.25. The first kappa shape index (κ1) is 13.8. The molecule has 1 aromatic heterocycles. The van der Waals surface area contributed by atoms with Gasteiger partial charge in [0.05, 0.1) is 17.4 Å². The van der Waals surface area contributed by atoms with E-state index in [-0.39, 0.29) is 5.91 Å². The van der Waals surface area contributed by atoms with Crippen LogP contribution in [0.2, 0.25) is 0 Å². The van der Waals surface area contributed by atoms with Crippen molar-refractivity contribution >= 4 is 11.6 Å². The fraction of sp³-hybridized carbons (Fsp3) is 0.571. The number of anilines is 1. The maximum absolute atomic E-state index is 12.0. The third-order valence-corrected chi connectivity index (χ3v) is 3.78. The second-order valence-electron chi connectivity index (χ2n) is 5.11. The number of aromatic nitrogens is 1. The van der Waals surface area contributed by atoms with Crippen LogP contribution in [0.25, 0.3) is 0 Å². The fourth-order valence-corrected chi connectivity index (χ4v) is 2.67.